The Hall–Kier alpha value is -2.50. The summed E-state index contributed by atoms with van der Waals surface area (Å²) in [5, 5.41) is 6.25. The van der Waals surface area contributed by atoms with Crippen LogP contribution in [0.3, 0.4) is 0 Å². The van der Waals surface area contributed by atoms with Crippen LogP contribution in [0.25, 0.3) is 0 Å². The lowest BCUT2D eigenvalue weighted by atomic mass is 10.2. The molecule has 0 unspecified atom stereocenters. The van der Waals surface area contributed by atoms with Gasteiger partial charge in [0.25, 0.3) is 5.91 Å². The van der Waals surface area contributed by atoms with Gasteiger partial charge in [-0.3, -0.25) is 4.79 Å². The summed E-state index contributed by atoms with van der Waals surface area (Å²) in [5.74, 6) is 0.737. The van der Waals surface area contributed by atoms with Crippen LogP contribution in [-0.2, 0) is 0 Å². The molecule has 0 fully saturated rings. The highest BCUT2D eigenvalue weighted by Gasteiger charge is 2.13. The summed E-state index contributed by atoms with van der Waals surface area (Å²) < 4.78 is 9.86. The first-order valence-corrected chi connectivity index (χ1v) is 5.28. The molecule has 1 heterocycles. The normalized spacial score (nSPS) is 10.1. The Bertz CT molecular complexity index is 578. The zero-order valence-corrected chi connectivity index (χ0v) is 10.1. The maximum Gasteiger partial charge on any atom is 0.260 e. The van der Waals surface area contributed by atoms with Crippen molar-refractivity contribution in [2.45, 2.75) is 6.92 Å². The van der Waals surface area contributed by atoms with Crippen LogP contribution in [0.1, 0.15) is 16.1 Å². The lowest BCUT2D eigenvalue weighted by Crippen LogP contribution is -2.12. The van der Waals surface area contributed by atoms with E-state index in [2.05, 4.69) is 10.5 Å². The number of anilines is 2. The number of rotatable bonds is 3. The van der Waals surface area contributed by atoms with Gasteiger partial charge in [0.05, 0.1) is 19.0 Å². The van der Waals surface area contributed by atoms with Crippen LogP contribution in [0, 0.1) is 6.92 Å². The van der Waals surface area contributed by atoms with Crippen molar-refractivity contribution < 1.29 is 14.1 Å². The Balaban J connectivity index is 2.17. The summed E-state index contributed by atoms with van der Waals surface area (Å²) in [4.78, 5) is 11.9. The average molecular weight is 247 g/mol. The highest BCUT2D eigenvalue weighted by atomic mass is 16.5. The Morgan fingerprint density at radius 3 is 2.83 bits per heavy atom. The fourth-order valence-electron chi connectivity index (χ4n) is 1.53. The second-order valence-electron chi connectivity index (χ2n) is 3.71. The maximum absolute atomic E-state index is 11.9. The standard InChI is InChI=1S/C12H13N3O3/c1-7-9(6-14-18-7)12(16)15-8-3-4-11(17-2)10(13)5-8/h3-6H,13H2,1-2H3,(H,15,16). The molecule has 2 rings (SSSR count). The highest BCUT2D eigenvalue weighted by molar-refractivity contribution is 6.04. The molecule has 0 bridgehead atoms. The number of nitrogen functional groups attached to an aromatic ring is 1. The van der Waals surface area contributed by atoms with E-state index in [1.54, 1.807) is 25.1 Å². The number of methoxy groups -OCH3 is 1. The smallest absolute Gasteiger partial charge is 0.260 e. The first kappa shape index (κ1) is 12.0. The monoisotopic (exact) mass is 247 g/mol. The highest BCUT2D eigenvalue weighted by Crippen LogP contribution is 2.25. The van der Waals surface area contributed by atoms with Crippen LogP contribution in [0.2, 0.25) is 0 Å². The Morgan fingerprint density at radius 1 is 1.50 bits per heavy atom. The van der Waals surface area contributed by atoms with Gasteiger partial charge in [0, 0.05) is 5.69 Å². The number of nitrogens with one attached hydrogen (secondary N) is 1. The third-order valence-electron chi connectivity index (χ3n) is 2.48. The second kappa shape index (κ2) is 4.79. The van der Waals surface area contributed by atoms with Crippen LogP contribution >= 0.6 is 0 Å². The van der Waals surface area contributed by atoms with Crippen LogP contribution in [0.4, 0.5) is 11.4 Å². The molecule has 6 nitrogen and oxygen atoms in total. The zero-order chi connectivity index (χ0) is 13.1. The first-order chi connectivity index (χ1) is 8.61. The van der Waals surface area contributed by atoms with Gasteiger partial charge in [-0.25, -0.2) is 0 Å². The number of amides is 1. The van der Waals surface area contributed by atoms with Gasteiger partial charge >= 0.3 is 0 Å². The van der Waals surface area contributed by atoms with Gasteiger partial charge in [-0.15, -0.1) is 0 Å². The molecule has 1 aromatic heterocycles. The molecule has 3 N–H and O–H groups in total. The molecule has 0 radical (unpaired) electrons. The molecule has 6 heteroatoms. The summed E-state index contributed by atoms with van der Waals surface area (Å²) in [5.41, 5.74) is 7.18. The van der Waals surface area contributed by atoms with E-state index in [1.807, 2.05) is 0 Å². The van der Waals surface area contributed by atoms with Gasteiger partial charge in [0.15, 0.2) is 0 Å². The van der Waals surface area contributed by atoms with Gasteiger partial charge in [-0.2, -0.15) is 0 Å². The maximum atomic E-state index is 11.9. The number of carbonyl (C=O) groups is 1. The summed E-state index contributed by atoms with van der Waals surface area (Å²) in [7, 11) is 1.53. The molecule has 1 amide bonds. The molecule has 2 aromatic rings. The van der Waals surface area contributed by atoms with E-state index in [0.717, 1.165) is 0 Å². The third-order valence-corrected chi connectivity index (χ3v) is 2.48. The van der Waals surface area contributed by atoms with Gasteiger partial charge < -0.3 is 20.3 Å². The van der Waals surface area contributed by atoms with E-state index in [1.165, 1.54) is 13.3 Å². The van der Waals surface area contributed by atoms with Crippen molar-refractivity contribution in [2.24, 2.45) is 0 Å². The van der Waals surface area contributed by atoms with E-state index in [-0.39, 0.29) is 5.91 Å². The molecule has 0 atom stereocenters. The zero-order valence-electron chi connectivity index (χ0n) is 10.1. The van der Waals surface area contributed by atoms with Crippen molar-refractivity contribution in [3.8, 4) is 5.75 Å². The fourth-order valence-corrected chi connectivity index (χ4v) is 1.53. The fraction of sp³-hybridized carbons (Fsp3) is 0.167. The molecule has 0 saturated carbocycles. The predicted octanol–water partition coefficient (Wildman–Crippen LogP) is 1.83. The van der Waals surface area contributed by atoms with Crippen molar-refractivity contribution in [1.29, 1.82) is 0 Å². The predicted molar refractivity (Wildman–Crippen MR) is 66.6 cm³/mol. The van der Waals surface area contributed by atoms with Crippen LogP contribution in [0.15, 0.2) is 28.9 Å². The topological polar surface area (TPSA) is 90.4 Å². The van der Waals surface area contributed by atoms with E-state index in [9.17, 15) is 4.79 Å². The van der Waals surface area contributed by atoms with Crippen molar-refractivity contribution in [3.63, 3.8) is 0 Å². The van der Waals surface area contributed by atoms with Crippen molar-refractivity contribution in [1.82, 2.24) is 5.16 Å². The minimum atomic E-state index is -0.293. The van der Waals surface area contributed by atoms with Crippen molar-refractivity contribution in [3.05, 3.63) is 35.7 Å². The van der Waals surface area contributed by atoms with E-state index < -0.39 is 0 Å². The number of aromatic nitrogens is 1. The molecule has 18 heavy (non-hydrogen) atoms. The number of carbonyl (C=O) groups excluding carboxylic acids is 1. The molecule has 0 saturated heterocycles. The summed E-state index contributed by atoms with van der Waals surface area (Å²) in [6.07, 6.45) is 1.37. The summed E-state index contributed by atoms with van der Waals surface area (Å²) in [6.45, 7) is 1.67. The molecular weight excluding hydrogens is 234 g/mol. The van der Waals surface area contributed by atoms with E-state index in [0.29, 0.717) is 28.4 Å². The molecule has 0 aliphatic rings. The minimum Gasteiger partial charge on any atom is -0.495 e. The number of hydrogen-bond acceptors (Lipinski definition) is 5. The molecule has 94 valence electrons. The first-order valence-electron chi connectivity index (χ1n) is 5.28. The van der Waals surface area contributed by atoms with Gasteiger partial charge in [-0.1, -0.05) is 5.16 Å². The average Bonchev–Trinajstić information content (AvgIpc) is 2.76. The second-order valence-corrected chi connectivity index (χ2v) is 3.71. The molecular formula is C12H13N3O3. The van der Waals surface area contributed by atoms with Gasteiger partial charge in [-0.05, 0) is 25.1 Å². The summed E-state index contributed by atoms with van der Waals surface area (Å²) >= 11 is 0. The van der Waals surface area contributed by atoms with Crippen molar-refractivity contribution >= 4 is 17.3 Å². The SMILES string of the molecule is COc1ccc(NC(=O)c2cnoc2C)cc1N. The van der Waals surface area contributed by atoms with Crippen molar-refractivity contribution in [2.75, 3.05) is 18.2 Å². The number of benzene rings is 1. The third kappa shape index (κ3) is 2.27. The minimum absolute atomic E-state index is 0.293. The Labute approximate surface area is 104 Å². The number of ether oxygens (including phenoxy) is 1. The van der Waals surface area contributed by atoms with Crippen LogP contribution < -0.4 is 15.8 Å². The molecule has 0 aliphatic heterocycles. The lowest BCUT2D eigenvalue weighted by Gasteiger charge is -2.08. The van der Waals surface area contributed by atoms with Crippen LogP contribution in [-0.4, -0.2) is 18.2 Å². The molecule has 0 spiro atoms. The van der Waals surface area contributed by atoms with E-state index in [4.69, 9.17) is 15.0 Å². The van der Waals surface area contributed by atoms with Gasteiger partial charge in [0.2, 0.25) is 0 Å². The summed E-state index contributed by atoms with van der Waals surface area (Å²) in [6, 6.07) is 5.01. The van der Waals surface area contributed by atoms with E-state index >= 15 is 0 Å². The largest absolute Gasteiger partial charge is 0.495 e. The van der Waals surface area contributed by atoms with Crippen LogP contribution in [0.5, 0.6) is 5.75 Å². The number of nitrogens with zero attached hydrogens (tertiary/aromatic N) is 1. The number of aryl methyl sites for hydroxylation is 1. The van der Waals surface area contributed by atoms with Gasteiger partial charge in [0.1, 0.15) is 17.1 Å². The Kier molecular flexibility index (Phi) is 3.18. The number of nitrogens with two attached hydrogens (primary N) is 1. The Morgan fingerprint density at radius 2 is 2.28 bits per heavy atom. The molecule has 1 aromatic carbocycles. The number of hydrogen-bond donors (Lipinski definition) is 2. The quantitative estimate of drug-likeness (QED) is 0.807. The molecule has 0 aliphatic carbocycles. The lowest BCUT2D eigenvalue weighted by molar-refractivity contribution is 0.102.